The van der Waals surface area contributed by atoms with Crippen LogP contribution in [0, 0.1) is 10.1 Å². The van der Waals surface area contributed by atoms with Crippen molar-refractivity contribution in [1.29, 1.82) is 0 Å². The van der Waals surface area contributed by atoms with Crippen LogP contribution in [0.2, 0.25) is 0 Å². The highest BCUT2D eigenvalue weighted by Gasteiger charge is 2.37. The van der Waals surface area contributed by atoms with Gasteiger partial charge in [-0.2, -0.15) is 0 Å². The maximum atomic E-state index is 12.4. The fourth-order valence-electron chi connectivity index (χ4n) is 2.62. The van der Waals surface area contributed by atoms with Gasteiger partial charge in [0, 0.05) is 18.6 Å². The van der Waals surface area contributed by atoms with Crippen LogP contribution >= 0.6 is 0 Å². The van der Waals surface area contributed by atoms with Crippen LogP contribution < -0.4 is 5.32 Å². The molecule has 0 spiro atoms. The number of amides is 3. The predicted octanol–water partition coefficient (Wildman–Crippen LogP) is 2.26. The Hall–Kier alpha value is -3.22. The van der Waals surface area contributed by atoms with E-state index in [0.29, 0.717) is 12.0 Å². The first kappa shape index (κ1) is 15.7. The molecule has 7 nitrogen and oxygen atoms in total. The fraction of sp³-hybridized carbons (Fsp3) is 0.176. The minimum absolute atomic E-state index is 0.0297. The second-order valence-corrected chi connectivity index (χ2v) is 5.54. The molecule has 7 heteroatoms. The number of nitro groups is 1. The number of hydrogen-bond donors (Lipinski definition) is 1. The Morgan fingerprint density at radius 1 is 1.00 bits per heavy atom. The molecule has 1 aliphatic rings. The van der Waals surface area contributed by atoms with Crippen LogP contribution in [0.1, 0.15) is 11.1 Å². The third kappa shape index (κ3) is 3.24. The van der Waals surface area contributed by atoms with Gasteiger partial charge in [-0.05, 0) is 11.1 Å². The molecule has 0 aromatic heterocycles. The minimum Gasteiger partial charge on any atom is -0.325 e. The number of carbonyl (C=O) groups is 2. The number of nitrogens with zero attached hydrogens (tertiary/aromatic N) is 2. The van der Waals surface area contributed by atoms with Crippen LogP contribution in [0.5, 0.6) is 0 Å². The first-order valence-electron chi connectivity index (χ1n) is 7.44. The minimum atomic E-state index is -0.585. The van der Waals surface area contributed by atoms with E-state index in [1.165, 1.54) is 12.1 Å². The van der Waals surface area contributed by atoms with Crippen LogP contribution in [0.4, 0.5) is 10.5 Å². The van der Waals surface area contributed by atoms with Crippen LogP contribution in [0.3, 0.4) is 0 Å². The average molecular weight is 325 g/mol. The SMILES string of the molecule is O=C1NC(Cc2ccccc2)C(=O)N1Cc1ccc([N+](=O)[O-])cc1. The number of non-ortho nitro benzene ring substituents is 1. The molecule has 0 saturated carbocycles. The molecule has 1 N–H and O–H groups in total. The number of nitrogens with one attached hydrogen (secondary N) is 1. The van der Waals surface area contributed by atoms with Crippen molar-refractivity contribution in [3.05, 3.63) is 75.8 Å². The fourth-order valence-corrected chi connectivity index (χ4v) is 2.62. The smallest absolute Gasteiger partial charge is 0.325 e. The Morgan fingerprint density at radius 3 is 2.29 bits per heavy atom. The van der Waals surface area contributed by atoms with Gasteiger partial charge in [0.2, 0.25) is 0 Å². The molecule has 2 aromatic carbocycles. The molecular weight excluding hydrogens is 310 g/mol. The summed E-state index contributed by atoms with van der Waals surface area (Å²) >= 11 is 0. The van der Waals surface area contributed by atoms with Gasteiger partial charge in [0.1, 0.15) is 6.04 Å². The van der Waals surface area contributed by atoms with Crippen molar-refractivity contribution < 1.29 is 14.5 Å². The summed E-state index contributed by atoms with van der Waals surface area (Å²) in [5, 5.41) is 13.3. The number of hydrogen-bond acceptors (Lipinski definition) is 4. The Kier molecular flexibility index (Phi) is 4.24. The monoisotopic (exact) mass is 325 g/mol. The molecule has 24 heavy (non-hydrogen) atoms. The van der Waals surface area contributed by atoms with Crippen molar-refractivity contribution in [2.75, 3.05) is 0 Å². The molecule has 0 radical (unpaired) electrons. The van der Waals surface area contributed by atoms with Gasteiger partial charge in [-0.3, -0.25) is 19.8 Å². The Bertz CT molecular complexity index is 774. The Labute approximate surface area is 138 Å². The molecule has 1 atom stereocenters. The number of rotatable bonds is 5. The van der Waals surface area contributed by atoms with Gasteiger partial charge in [0.15, 0.2) is 0 Å². The normalized spacial score (nSPS) is 17.0. The van der Waals surface area contributed by atoms with Crippen molar-refractivity contribution in [2.45, 2.75) is 19.0 Å². The lowest BCUT2D eigenvalue weighted by Crippen LogP contribution is -2.32. The maximum absolute atomic E-state index is 12.4. The molecular formula is C17H15N3O4. The molecule has 122 valence electrons. The van der Waals surface area contributed by atoms with Gasteiger partial charge in [-0.1, -0.05) is 42.5 Å². The summed E-state index contributed by atoms with van der Waals surface area (Å²) in [4.78, 5) is 35.8. The molecule has 1 aliphatic heterocycles. The third-order valence-electron chi connectivity index (χ3n) is 3.88. The van der Waals surface area contributed by atoms with Gasteiger partial charge in [0.25, 0.3) is 11.6 Å². The van der Waals surface area contributed by atoms with E-state index in [9.17, 15) is 19.7 Å². The first-order chi connectivity index (χ1) is 11.5. The van der Waals surface area contributed by atoms with Crippen molar-refractivity contribution in [3.8, 4) is 0 Å². The largest absolute Gasteiger partial charge is 0.325 e. The highest BCUT2D eigenvalue weighted by molar-refractivity contribution is 6.04. The molecule has 3 amide bonds. The summed E-state index contributed by atoms with van der Waals surface area (Å²) in [6, 6.07) is 14.2. The zero-order valence-electron chi connectivity index (χ0n) is 12.7. The van der Waals surface area contributed by atoms with Gasteiger partial charge >= 0.3 is 6.03 Å². The Balaban J connectivity index is 1.69. The second-order valence-electron chi connectivity index (χ2n) is 5.54. The van der Waals surface area contributed by atoms with Gasteiger partial charge in [-0.15, -0.1) is 0 Å². The number of imide groups is 1. The van der Waals surface area contributed by atoms with E-state index < -0.39 is 17.0 Å². The standard InChI is InChI=1S/C17H15N3O4/c21-16-15(10-12-4-2-1-3-5-12)18-17(22)19(16)11-13-6-8-14(9-7-13)20(23)24/h1-9,15H,10-11H2,(H,18,22). The zero-order valence-corrected chi connectivity index (χ0v) is 12.7. The van der Waals surface area contributed by atoms with E-state index in [2.05, 4.69) is 5.32 Å². The summed E-state index contributed by atoms with van der Waals surface area (Å²) in [6.07, 6.45) is 0.433. The van der Waals surface area contributed by atoms with E-state index in [4.69, 9.17) is 0 Å². The highest BCUT2D eigenvalue weighted by atomic mass is 16.6. The lowest BCUT2D eigenvalue weighted by atomic mass is 10.1. The predicted molar refractivity (Wildman–Crippen MR) is 86.1 cm³/mol. The van der Waals surface area contributed by atoms with Crippen molar-refractivity contribution in [1.82, 2.24) is 10.2 Å². The molecule has 1 saturated heterocycles. The van der Waals surface area contributed by atoms with E-state index in [-0.39, 0.29) is 18.1 Å². The van der Waals surface area contributed by atoms with Crippen LogP contribution in [0.25, 0.3) is 0 Å². The average Bonchev–Trinajstić information content (AvgIpc) is 2.84. The van der Waals surface area contributed by atoms with Gasteiger partial charge < -0.3 is 5.32 Å². The van der Waals surface area contributed by atoms with E-state index in [0.717, 1.165) is 10.5 Å². The topological polar surface area (TPSA) is 92.6 Å². The Morgan fingerprint density at radius 2 is 1.67 bits per heavy atom. The molecule has 2 aromatic rings. The molecule has 1 unspecified atom stereocenters. The number of benzene rings is 2. The molecule has 1 heterocycles. The van der Waals surface area contributed by atoms with E-state index in [1.807, 2.05) is 30.3 Å². The van der Waals surface area contributed by atoms with Crippen molar-refractivity contribution in [2.24, 2.45) is 0 Å². The van der Waals surface area contributed by atoms with E-state index >= 15 is 0 Å². The van der Waals surface area contributed by atoms with Crippen molar-refractivity contribution in [3.63, 3.8) is 0 Å². The first-order valence-corrected chi connectivity index (χ1v) is 7.44. The maximum Gasteiger partial charge on any atom is 0.325 e. The van der Waals surface area contributed by atoms with Gasteiger partial charge in [0.05, 0.1) is 11.5 Å². The molecule has 0 bridgehead atoms. The van der Waals surface area contributed by atoms with E-state index in [1.54, 1.807) is 12.1 Å². The molecule has 0 aliphatic carbocycles. The quantitative estimate of drug-likeness (QED) is 0.518. The second kappa shape index (κ2) is 6.49. The number of urea groups is 1. The summed E-state index contributed by atoms with van der Waals surface area (Å²) in [5.41, 5.74) is 1.59. The van der Waals surface area contributed by atoms with Crippen molar-refractivity contribution >= 4 is 17.6 Å². The summed E-state index contributed by atoms with van der Waals surface area (Å²) in [5.74, 6) is -0.290. The highest BCUT2D eigenvalue weighted by Crippen LogP contribution is 2.17. The lowest BCUT2D eigenvalue weighted by molar-refractivity contribution is -0.384. The van der Waals surface area contributed by atoms with Crippen LogP contribution in [0.15, 0.2) is 54.6 Å². The van der Waals surface area contributed by atoms with Gasteiger partial charge in [-0.25, -0.2) is 4.79 Å². The summed E-state index contributed by atoms with van der Waals surface area (Å²) < 4.78 is 0. The summed E-state index contributed by atoms with van der Waals surface area (Å²) in [7, 11) is 0. The number of carbonyl (C=O) groups excluding carboxylic acids is 2. The third-order valence-corrected chi connectivity index (χ3v) is 3.88. The summed E-state index contributed by atoms with van der Waals surface area (Å²) in [6.45, 7) is 0.0912. The zero-order chi connectivity index (χ0) is 17.1. The molecule has 3 rings (SSSR count). The van der Waals surface area contributed by atoms with Crippen LogP contribution in [-0.2, 0) is 17.8 Å². The number of nitro benzene ring substituents is 1. The lowest BCUT2D eigenvalue weighted by Gasteiger charge is -2.13. The van der Waals surface area contributed by atoms with Crippen LogP contribution in [-0.4, -0.2) is 27.8 Å². The molecule has 1 fully saturated rings.